The van der Waals surface area contributed by atoms with Crippen LogP contribution < -0.4 is 0 Å². The van der Waals surface area contributed by atoms with Gasteiger partial charge in [0, 0.05) is 0 Å². The molecule has 6 unspecified atom stereocenters. The quantitative estimate of drug-likeness (QED) is 0.389. The maximum atomic E-state index is 2.56. The third-order valence-corrected chi connectivity index (χ3v) is 10.9. The molecule has 4 aliphatic carbocycles. The molecule has 0 radical (unpaired) electrons. The second kappa shape index (κ2) is 11.2. The second-order valence-electron chi connectivity index (χ2n) is 12.8. The predicted octanol–water partition coefficient (Wildman–Crippen LogP) is 9.67. The van der Waals surface area contributed by atoms with E-state index in [0.29, 0.717) is 0 Å². The Bertz CT molecular complexity index is 480. The standard InChI is InChI=1S/C30H54/c1-4-24-14-17-28(18-15-24)30-27(19-20-29(30)26-9-6-5-7-10-26)12-8-11-25-16-13-22(2)21-23(25)3/h22-30H,4-21H2,1-3H3. The molecule has 0 heteroatoms. The van der Waals surface area contributed by atoms with E-state index in [4.69, 9.17) is 0 Å². The lowest BCUT2D eigenvalue weighted by atomic mass is 9.64. The van der Waals surface area contributed by atoms with Crippen molar-refractivity contribution in [3.05, 3.63) is 0 Å². The van der Waals surface area contributed by atoms with Crippen molar-refractivity contribution in [3.8, 4) is 0 Å². The molecule has 0 heterocycles. The van der Waals surface area contributed by atoms with Crippen molar-refractivity contribution in [1.29, 1.82) is 0 Å². The Morgan fingerprint density at radius 2 is 1.33 bits per heavy atom. The van der Waals surface area contributed by atoms with E-state index in [-0.39, 0.29) is 0 Å². The maximum Gasteiger partial charge on any atom is -0.0326 e. The van der Waals surface area contributed by atoms with Crippen LogP contribution in [0.2, 0.25) is 0 Å². The fourth-order valence-electron chi connectivity index (χ4n) is 9.11. The first-order valence-corrected chi connectivity index (χ1v) is 14.7. The summed E-state index contributed by atoms with van der Waals surface area (Å²) < 4.78 is 0. The van der Waals surface area contributed by atoms with E-state index in [9.17, 15) is 0 Å². The SMILES string of the molecule is CCC1CCC(C2C(CCCC3CCC(C)CC3C)CCC2C2CCCCC2)CC1. The Morgan fingerprint density at radius 3 is 2.03 bits per heavy atom. The van der Waals surface area contributed by atoms with Crippen molar-refractivity contribution >= 4 is 0 Å². The zero-order valence-corrected chi connectivity index (χ0v) is 20.9. The molecule has 0 nitrogen and oxygen atoms in total. The minimum absolute atomic E-state index is 0.991. The summed E-state index contributed by atoms with van der Waals surface area (Å²) >= 11 is 0. The molecule has 174 valence electrons. The first-order valence-electron chi connectivity index (χ1n) is 14.7. The molecule has 0 N–H and O–H groups in total. The van der Waals surface area contributed by atoms with Crippen molar-refractivity contribution in [2.45, 2.75) is 136 Å². The molecule has 0 aromatic heterocycles. The van der Waals surface area contributed by atoms with Gasteiger partial charge in [-0.05, 0) is 91.8 Å². The van der Waals surface area contributed by atoms with E-state index in [1.165, 1.54) is 32.1 Å². The third-order valence-electron chi connectivity index (χ3n) is 10.9. The molecule has 0 aromatic carbocycles. The summed E-state index contributed by atoms with van der Waals surface area (Å²) in [5.41, 5.74) is 0. The molecule has 0 saturated heterocycles. The molecule has 0 amide bonds. The normalized spacial score (nSPS) is 43.7. The molecule has 30 heavy (non-hydrogen) atoms. The van der Waals surface area contributed by atoms with E-state index in [1.807, 2.05) is 0 Å². The highest BCUT2D eigenvalue weighted by atomic mass is 14.5. The number of hydrogen-bond donors (Lipinski definition) is 0. The van der Waals surface area contributed by atoms with Gasteiger partial charge in [-0.15, -0.1) is 0 Å². The van der Waals surface area contributed by atoms with Crippen molar-refractivity contribution in [1.82, 2.24) is 0 Å². The van der Waals surface area contributed by atoms with Gasteiger partial charge < -0.3 is 0 Å². The fraction of sp³-hybridized carbons (Fsp3) is 1.00. The van der Waals surface area contributed by atoms with Gasteiger partial charge in [0.15, 0.2) is 0 Å². The van der Waals surface area contributed by atoms with Gasteiger partial charge in [-0.25, -0.2) is 0 Å². The van der Waals surface area contributed by atoms with Crippen LogP contribution in [0.5, 0.6) is 0 Å². The van der Waals surface area contributed by atoms with Crippen LogP contribution in [0.4, 0.5) is 0 Å². The smallest absolute Gasteiger partial charge is 0.0326 e. The molecule has 4 rings (SSSR count). The van der Waals surface area contributed by atoms with Gasteiger partial charge in [0.05, 0.1) is 0 Å². The van der Waals surface area contributed by atoms with Crippen molar-refractivity contribution in [2.75, 3.05) is 0 Å². The Hall–Kier alpha value is 0. The van der Waals surface area contributed by atoms with Crippen LogP contribution in [-0.4, -0.2) is 0 Å². The molecule has 4 saturated carbocycles. The van der Waals surface area contributed by atoms with Gasteiger partial charge in [0.1, 0.15) is 0 Å². The molecule has 0 aromatic rings. The van der Waals surface area contributed by atoms with E-state index in [2.05, 4.69) is 20.8 Å². The Kier molecular flexibility index (Phi) is 8.67. The lowest BCUT2D eigenvalue weighted by molar-refractivity contribution is 0.0872. The lowest BCUT2D eigenvalue weighted by Crippen LogP contribution is -2.32. The van der Waals surface area contributed by atoms with Gasteiger partial charge in [-0.1, -0.05) is 97.8 Å². The largest absolute Gasteiger partial charge is 0.0651 e. The fourth-order valence-corrected chi connectivity index (χ4v) is 9.11. The summed E-state index contributed by atoms with van der Waals surface area (Å²) in [5, 5.41) is 0. The highest BCUT2D eigenvalue weighted by Crippen LogP contribution is 2.54. The zero-order chi connectivity index (χ0) is 20.9. The van der Waals surface area contributed by atoms with E-state index in [1.54, 1.807) is 83.5 Å². The summed E-state index contributed by atoms with van der Waals surface area (Å²) in [7, 11) is 0. The Morgan fingerprint density at radius 1 is 0.633 bits per heavy atom. The van der Waals surface area contributed by atoms with E-state index >= 15 is 0 Å². The summed E-state index contributed by atoms with van der Waals surface area (Å²) in [6, 6.07) is 0. The third kappa shape index (κ3) is 5.67. The van der Waals surface area contributed by atoms with Gasteiger partial charge in [0.2, 0.25) is 0 Å². The number of hydrogen-bond acceptors (Lipinski definition) is 0. The second-order valence-corrected chi connectivity index (χ2v) is 12.8. The highest BCUT2D eigenvalue weighted by molar-refractivity contribution is 4.94. The average Bonchev–Trinajstić information content (AvgIpc) is 3.20. The topological polar surface area (TPSA) is 0 Å². The van der Waals surface area contributed by atoms with E-state index < -0.39 is 0 Å². The Labute approximate surface area is 189 Å². The van der Waals surface area contributed by atoms with Crippen LogP contribution in [0.3, 0.4) is 0 Å². The van der Waals surface area contributed by atoms with Gasteiger partial charge in [0.25, 0.3) is 0 Å². The highest BCUT2D eigenvalue weighted by Gasteiger charge is 2.44. The van der Waals surface area contributed by atoms with Gasteiger partial charge >= 0.3 is 0 Å². The minimum Gasteiger partial charge on any atom is -0.0651 e. The van der Waals surface area contributed by atoms with Crippen LogP contribution in [0.1, 0.15) is 136 Å². The molecule has 4 fully saturated rings. The first kappa shape index (κ1) is 23.2. The van der Waals surface area contributed by atoms with Crippen LogP contribution in [-0.2, 0) is 0 Å². The van der Waals surface area contributed by atoms with Crippen molar-refractivity contribution < 1.29 is 0 Å². The van der Waals surface area contributed by atoms with Crippen LogP contribution in [0.25, 0.3) is 0 Å². The summed E-state index contributed by atoms with van der Waals surface area (Å²) in [4.78, 5) is 0. The molecule has 0 spiro atoms. The van der Waals surface area contributed by atoms with Crippen LogP contribution in [0, 0.1) is 53.3 Å². The van der Waals surface area contributed by atoms with Crippen molar-refractivity contribution in [3.63, 3.8) is 0 Å². The first-order chi connectivity index (χ1) is 14.7. The zero-order valence-electron chi connectivity index (χ0n) is 20.9. The lowest BCUT2D eigenvalue weighted by Gasteiger charge is -2.41. The van der Waals surface area contributed by atoms with Crippen molar-refractivity contribution in [2.24, 2.45) is 53.3 Å². The van der Waals surface area contributed by atoms with Crippen LogP contribution in [0.15, 0.2) is 0 Å². The van der Waals surface area contributed by atoms with E-state index in [0.717, 1.165) is 53.3 Å². The average molecular weight is 415 g/mol. The van der Waals surface area contributed by atoms with Gasteiger partial charge in [-0.3, -0.25) is 0 Å². The summed E-state index contributed by atoms with van der Waals surface area (Å²) in [6.07, 6.45) is 27.9. The monoisotopic (exact) mass is 414 g/mol. The maximum absolute atomic E-state index is 2.56. The molecule has 0 bridgehead atoms. The molecule has 4 aliphatic rings. The van der Waals surface area contributed by atoms with Crippen LogP contribution >= 0.6 is 0 Å². The molecule has 0 aliphatic heterocycles. The molecular weight excluding hydrogens is 360 g/mol. The van der Waals surface area contributed by atoms with Gasteiger partial charge in [-0.2, -0.15) is 0 Å². The predicted molar refractivity (Wildman–Crippen MR) is 132 cm³/mol. The number of rotatable bonds is 7. The summed E-state index contributed by atoms with van der Waals surface area (Å²) in [5.74, 6) is 9.64. The summed E-state index contributed by atoms with van der Waals surface area (Å²) in [6.45, 7) is 7.47. The molecular formula is C30H54. The Balaban J connectivity index is 1.34. The molecule has 6 atom stereocenters. The minimum atomic E-state index is 0.991.